The highest BCUT2D eigenvalue weighted by Gasteiger charge is 2.23. The van der Waals surface area contributed by atoms with Gasteiger partial charge in [-0.3, -0.25) is 4.79 Å². The monoisotopic (exact) mass is 362 g/mol. The normalized spacial score (nSPS) is 11.4. The predicted molar refractivity (Wildman–Crippen MR) is 86.1 cm³/mol. The van der Waals surface area contributed by atoms with E-state index in [1.807, 2.05) is 6.07 Å². The highest BCUT2D eigenvalue weighted by atomic mass is 35.5. The third kappa shape index (κ3) is 2.56. The first-order chi connectivity index (χ1) is 11.3. The van der Waals surface area contributed by atoms with E-state index in [2.05, 4.69) is 4.98 Å². The van der Waals surface area contributed by atoms with Gasteiger partial charge in [0.2, 0.25) is 15.3 Å². The number of aromatic nitrogens is 1. The average molecular weight is 363 g/mol. The largest absolute Gasteiger partial charge is 0.360 e. The number of fused-ring (bicyclic) bond motifs is 1. The van der Waals surface area contributed by atoms with E-state index in [-0.39, 0.29) is 20.9 Å². The molecule has 0 fully saturated rings. The van der Waals surface area contributed by atoms with E-state index in [1.165, 1.54) is 18.2 Å². The van der Waals surface area contributed by atoms with Gasteiger partial charge < -0.3 is 4.98 Å². The molecule has 2 aromatic carbocycles. The van der Waals surface area contributed by atoms with Crippen LogP contribution < -0.4 is 5.43 Å². The number of hydrogen-bond donors (Lipinski definition) is 1. The molecule has 3 aromatic rings. The Morgan fingerprint density at radius 1 is 1.17 bits per heavy atom. The lowest BCUT2D eigenvalue weighted by Crippen LogP contribution is -2.16. The standard InChI is InChI=1S/C16H8ClFN2O3S/c17-12-6-10(2-3-13(12)18)24(22,23)15-8-20-14-4-1-9(7-19)5-11(14)16(15)21/h1-6,8H,(H,20,21). The fraction of sp³-hybridized carbons (Fsp3) is 0. The molecule has 0 spiro atoms. The van der Waals surface area contributed by atoms with Crippen molar-refractivity contribution in [1.29, 1.82) is 5.26 Å². The van der Waals surface area contributed by atoms with Crippen LogP contribution in [0.15, 0.2) is 57.2 Å². The predicted octanol–water partition coefficient (Wildman–Crippen LogP) is 3.03. The zero-order chi connectivity index (χ0) is 17.5. The number of sulfone groups is 1. The van der Waals surface area contributed by atoms with Gasteiger partial charge in [0.05, 0.1) is 21.6 Å². The maximum atomic E-state index is 13.2. The van der Waals surface area contributed by atoms with Crippen LogP contribution in [0.5, 0.6) is 0 Å². The molecule has 0 bridgehead atoms. The van der Waals surface area contributed by atoms with E-state index in [0.29, 0.717) is 5.52 Å². The number of aromatic amines is 1. The van der Waals surface area contributed by atoms with E-state index in [9.17, 15) is 17.6 Å². The molecule has 0 radical (unpaired) electrons. The highest BCUT2D eigenvalue weighted by molar-refractivity contribution is 7.91. The number of hydrogen-bond acceptors (Lipinski definition) is 4. The molecule has 0 aliphatic carbocycles. The van der Waals surface area contributed by atoms with Crippen LogP contribution in [0.1, 0.15) is 5.56 Å². The van der Waals surface area contributed by atoms with Gasteiger partial charge in [-0.15, -0.1) is 0 Å². The number of nitrogens with one attached hydrogen (secondary N) is 1. The minimum absolute atomic E-state index is 0.0725. The van der Waals surface area contributed by atoms with Gasteiger partial charge in [0.15, 0.2) is 0 Å². The van der Waals surface area contributed by atoms with Crippen molar-refractivity contribution in [3.05, 3.63) is 69.2 Å². The molecule has 8 heteroatoms. The molecule has 0 aliphatic rings. The molecular formula is C16H8ClFN2O3S. The number of halogens is 2. The van der Waals surface area contributed by atoms with Crippen molar-refractivity contribution >= 4 is 32.3 Å². The molecule has 24 heavy (non-hydrogen) atoms. The van der Waals surface area contributed by atoms with Crippen molar-refractivity contribution in [1.82, 2.24) is 4.98 Å². The van der Waals surface area contributed by atoms with Crippen LogP contribution in [0.4, 0.5) is 4.39 Å². The number of pyridine rings is 1. The minimum Gasteiger partial charge on any atom is -0.360 e. The van der Waals surface area contributed by atoms with Crippen molar-refractivity contribution in [3.63, 3.8) is 0 Å². The summed E-state index contributed by atoms with van der Waals surface area (Å²) in [5.41, 5.74) is -0.122. The van der Waals surface area contributed by atoms with Gasteiger partial charge in [-0.1, -0.05) is 11.6 Å². The van der Waals surface area contributed by atoms with Gasteiger partial charge in [-0.05, 0) is 36.4 Å². The lowest BCUT2D eigenvalue weighted by molar-refractivity contribution is 0.594. The van der Waals surface area contributed by atoms with Gasteiger partial charge in [-0.25, -0.2) is 12.8 Å². The van der Waals surface area contributed by atoms with E-state index in [4.69, 9.17) is 16.9 Å². The fourth-order valence-corrected chi connectivity index (χ4v) is 3.83. The number of benzene rings is 2. The molecule has 120 valence electrons. The van der Waals surface area contributed by atoms with Crippen LogP contribution in [0, 0.1) is 17.1 Å². The van der Waals surface area contributed by atoms with Crippen LogP contribution in [-0.2, 0) is 9.84 Å². The van der Waals surface area contributed by atoms with E-state index >= 15 is 0 Å². The Kier molecular flexibility index (Phi) is 3.87. The van der Waals surface area contributed by atoms with Crippen LogP contribution in [0.3, 0.4) is 0 Å². The van der Waals surface area contributed by atoms with E-state index in [0.717, 1.165) is 24.4 Å². The van der Waals surface area contributed by atoms with E-state index < -0.39 is 26.0 Å². The first kappa shape index (κ1) is 16.2. The average Bonchev–Trinajstić information content (AvgIpc) is 2.57. The van der Waals surface area contributed by atoms with Crippen molar-refractivity contribution in [2.24, 2.45) is 0 Å². The first-order valence-electron chi connectivity index (χ1n) is 6.60. The number of H-pyrrole nitrogens is 1. The minimum atomic E-state index is -4.20. The molecular weight excluding hydrogens is 355 g/mol. The Labute approximate surface area is 140 Å². The molecule has 0 saturated carbocycles. The van der Waals surface area contributed by atoms with Crippen molar-refractivity contribution in [2.75, 3.05) is 0 Å². The first-order valence-corrected chi connectivity index (χ1v) is 8.46. The second-order valence-electron chi connectivity index (χ2n) is 4.93. The van der Waals surface area contributed by atoms with Crippen molar-refractivity contribution in [2.45, 2.75) is 9.79 Å². The summed E-state index contributed by atoms with van der Waals surface area (Å²) in [7, 11) is -4.20. The lowest BCUT2D eigenvalue weighted by atomic mass is 10.1. The number of rotatable bonds is 2. The third-order valence-corrected chi connectivity index (χ3v) is 5.51. The second-order valence-corrected chi connectivity index (χ2v) is 7.26. The molecule has 5 nitrogen and oxygen atoms in total. The SMILES string of the molecule is N#Cc1ccc2[nH]cc(S(=O)(=O)c3ccc(F)c(Cl)c3)c(=O)c2c1. The van der Waals surface area contributed by atoms with Crippen LogP contribution in [-0.4, -0.2) is 13.4 Å². The molecule has 0 unspecified atom stereocenters. The summed E-state index contributed by atoms with van der Waals surface area (Å²) in [5.74, 6) is -0.762. The fourth-order valence-electron chi connectivity index (χ4n) is 2.24. The van der Waals surface area contributed by atoms with E-state index in [1.54, 1.807) is 0 Å². The van der Waals surface area contributed by atoms with Gasteiger partial charge in [-0.2, -0.15) is 5.26 Å². The van der Waals surface area contributed by atoms with Crippen molar-refractivity contribution in [3.8, 4) is 6.07 Å². The zero-order valence-electron chi connectivity index (χ0n) is 11.9. The molecule has 1 aromatic heterocycles. The van der Waals surface area contributed by atoms with Crippen LogP contribution in [0.2, 0.25) is 5.02 Å². The summed E-state index contributed by atoms with van der Waals surface area (Å²) in [6.45, 7) is 0. The lowest BCUT2D eigenvalue weighted by Gasteiger charge is -2.06. The Hall–Kier alpha value is -2.69. The van der Waals surface area contributed by atoms with Gasteiger partial charge in [0, 0.05) is 17.1 Å². The molecule has 0 atom stereocenters. The molecule has 0 saturated heterocycles. The molecule has 1 heterocycles. The van der Waals surface area contributed by atoms with Crippen LogP contribution >= 0.6 is 11.6 Å². The highest BCUT2D eigenvalue weighted by Crippen LogP contribution is 2.24. The third-order valence-electron chi connectivity index (χ3n) is 3.47. The maximum Gasteiger partial charge on any atom is 0.211 e. The summed E-state index contributed by atoms with van der Waals surface area (Å²) < 4.78 is 38.5. The molecule has 3 rings (SSSR count). The van der Waals surface area contributed by atoms with Gasteiger partial charge in [0.1, 0.15) is 10.7 Å². The zero-order valence-corrected chi connectivity index (χ0v) is 13.5. The van der Waals surface area contributed by atoms with Gasteiger partial charge >= 0.3 is 0 Å². The second kappa shape index (κ2) is 5.74. The Morgan fingerprint density at radius 2 is 1.92 bits per heavy atom. The molecule has 0 aliphatic heterocycles. The van der Waals surface area contributed by atoms with Crippen LogP contribution in [0.25, 0.3) is 10.9 Å². The summed E-state index contributed by atoms with van der Waals surface area (Å²) in [6, 6.07) is 9.11. The maximum absolute atomic E-state index is 13.2. The summed E-state index contributed by atoms with van der Waals surface area (Å²) in [5, 5.41) is 8.63. The Morgan fingerprint density at radius 3 is 2.58 bits per heavy atom. The Bertz CT molecular complexity index is 1180. The van der Waals surface area contributed by atoms with Gasteiger partial charge in [0.25, 0.3) is 0 Å². The number of nitrogens with zero attached hydrogens (tertiary/aromatic N) is 1. The van der Waals surface area contributed by atoms with Crippen molar-refractivity contribution < 1.29 is 12.8 Å². The molecule has 1 N–H and O–H groups in total. The molecule has 0 amide bonds. The summed E-state index contributed by atoms with van der Waals surface area (Å²) in [6.07, 6.45) is 1.07. The topological polar surface area (TPSA) is 90.8 Å². The Balaban J connectivity index is 2.28. The smallest absolute Gasteiger partial charge is 0.211 e. The quantitative estimate of drug-likeness (QED) is 0.709. The summed E-state index contributed by atoms with van der Waals surface area (Å²) in [4.78, 5) is 14.5. The summed E-state index contributed by atoms with van der Waals surface area (Å²) >= 11 is 5.62. The number of nitriles is 1.